The van der Waals surface area contributed by atoms with Crippen LogP contribution in [0.1, 0.15) is 51.6 Å². The third-order valence-corrected chi connectivity index (χ3v) is 3.21. The Kier molecular flexibility index (Phi) is 4.71. The van der Waals surface area contributed by atoms with Crippen LogP contribution in [0.3, 0.4) is 0 Å². The number of rotatable bonds is 4. The number of hydrogen-bond donors (Lipinski definition) is 1. The van der Waals surface area contributed by atoms with Crippen LogP contribution in [0.15, 0.2) is 9.27 Å². The standard InChI is InChI=1S/C12H19BrN2O/c1-7(2)5-6-9-14-11(8(3)4)10(13)12(16)15-9/h7-8H,5-6H2,1-4H3,(H,14,15,16). The van der Waals surface area contributed by atoms with Gasteiger partial charge < -0.3 is 4.98 Å². The van der Waals surface area contributed by atoms with Gasteiger partial charge in [-0.05, 0) is 34.2 Å². The van der Waals surface area contributed by atoms with Crippen LogP contribution in [-0.4, -0.2) is 9.97 Å². The lowest BCUT2D eigenvalue weighted by molar-refractivity contribution is 0.570. The third kappa shape index (κ3) is 3.44. The molecule has 0 aromatic carbocycles. The highest BCUT2D eigenvalue weighted by atomic mass is 79.9. The van der Waals surface area contributed by atoms with Crippen molar-refractivity contribution in [2.75, 3.05) is 0 Å². The molecule has 1 rings (SSSR count). The fourth-order valence-corrected chi connectivity index (χ4v) is 2.10. The van der Waals surface area contributed by atoms with Crippen LogP contribution in [0, 0.1) is 5.92 Å². The van der Waals surface area contributed by atoms with E-state index < -0.39 is 0 Å². The van der Waals surface area contributed by atoms with E-state index in [-0.39, 0.29) is 11.5 Å². The zero-order chi connectivity index (χ0) is 12.3. The zero-order valence-corrected chi connectivity index (χ0v) is 11.9. The highest BCUT2D eigenvalue weighted by molar-refractivity contribution is 9.10. The van der Waals surface area contributed by atoms with E-state index in [0.29, 0.717) is 10.4 Å². The summed E-state index contributed by atoms with van der Waals surface area (Å²) in [5.41, 5.74) is 0.778. The maximum absolute atomic E-state index is 11.7. The number of nitrogens with one attached hydrogen (secondary N) is 1. The van der Waals surface area contributed by atoms with Gasteiger partial charge in [0.25, 0.3) is 5.56 Å². The van der Waals surface area contributed by atoms with Crippen molar-refractivity contribution < 1.29 is 0 Å². The minimum Gasteiger partial charge on any atom is -0.310 e. The van der Waals surface area contributed by atoms with Gasteiger partial charge in [0.1, 0.15) is 10.3 Å². The first-order valence-corrected chi connectivity index (χ1v) is 6.49. The van der Waals surface area contributed by atoms with Gasteiger partial charge in [-0.25, -0.2) is 4.98 Å². The van der Waals surface area contributed by atoms with Crippen LogP contribution in [0.5, 0.6) is 0 Å². The van der Waals surface area contributed by atoms with Crippen molar-refractivity contribution in [1.82, 2.24) is 9.97 Å². The maximum atomic E-state index is 11.7. The van der Waals surface area contributed by atoms with Crippen LogP contribution >= 0.6 is 15.9 Å². The number of aromatic nitrogens is 2. The van der Waals surface area contributed by atoms with Gasteiger partial charge in [-0.2, -0.15) is 0 Å². The van der Waals surface area contributed by atoms with Crippen molar-refractivity contribution in [3.05, 3.63) is 26.3 Å². The number of aryl methyl sites for hydroxylation is 1. The van der Waals surface area contributed by atoms with E-state index in [1.54, 1.807) is 0 Å². The quantitative estimate of drug-likeness (QED) is 0.924. The monoisotopic (exact) mass is 286 g/mol. The maximum Gasteiger partial charge on any atom is 0.265 e. The first-order valence-electron chi connectivity index (χ1n) is 5.70. The molecule has 1 aromatic rings. The van der Waals surface area contributed by atoms with E-state index in [2.05, 4.69) is 39.7 Å². The van der Waals surface area contributed by atoms with Crippen molar-refractivity contribution in [3.63, 3.8) is 0 Å². The summed E-state index contributed by atoms with van der Waals surface area (Å²) in [6.07, 6.45) is 1.88. The van der Waals surface area contributed by atoms with Gasteiger partial charge in [-0.3, -0.25) is 4.79 Å². The second-order valence-electron chi connectivity index (χ2n) is 4.80. The first-order chi connectivity index (χ1) is 7.41. The Morgan fingerprint density at radius 2 is 1.94 bits per heavy atom. The van der Waals surface area contributed by atoms with Gasteiger partial charge in [0, 0.05) is 6.42 Å². The average molecular weight is 287 g/mol. The van der Waals surface area contributed by atoms with E-state index in [1.165, 1.54) is 0 Å². The highest BCUT2D eigenvalue weighted by Crippen LogP contribution is 2.19. The summed E-state index contributed by atoms with van der Waals surface area (Å²) in [5.74, 6) is 1.68. The summed E-state index contributed by atoms with van der Waals surface area (Å²) in [7, 11) is 0. The van der Waals surface area contributed by atoms with E-state index in [1.807, 2.05) is 13.8 Å². The molecule has 0 fully saturated rings. The van der Waals surface area contributed by atoms with Gasteiger partial charge >= 0.3 is 0 Å². The smallest absolute Gasteiger partial charge is 0.265 e. The summed E-state index contributed by atoms with van der Waals surface area (Å²) in [5, 5.41) is 0. The largest absolute Gasteiger partial charge is 0.310 e. The van der Waals surface area contributed by atoms with E-state index in [4.69, 9.17) is 0 Å². The van der Waals surface area contributed by atoms with Gasteiger partial charge in [0.05, 0.1) is 5.69 Å². The van der Waals surface area contributed by atoms with Crippen molar-refractivity contribution in [2.45, 2.75) is 46.5 Å². The molecule has 1 N–H and O–H groups in total. The molecule has 90 valence electrons. The second kappa shape index (κ2) is 5.62. The average Bonchev–Trinajstić information content (AvgIpc) is 2.19. The Bertz CT molecular complexity index is 410. The summed E-state index contributed by atoms with van der Waals surface area (Å²) in [6, 6.07) is 0. The van der Waals surface area contributed by atoms with E-state index in [9.17, 15) is 4.79 Å². The molecule has 0 unspecified atom stereocenters. The Balaban J connectivity index is 3.00. The SMILES string of the molecule is CC(C)CCc1nc(C(C)C)c(Br)c(=O)[nH]1. The molecule has 0 radical (unpaired) electrons. The molecule has 0 bridgehead atoms. The van der Waals surface area contributed by atoms with E-state index >= 15 is 0 Å². The molecule has 0 saturated carbocycles. The van der Waals surface area contributed by atoms with Gasteiger partial charge in [0.15, 0.2) is 0 Å². The number of aromatic amines is 1. The van der Waals surface area contributed by atoms with Gasteiger partial charge in [-0.1, -0.05) is 27.7 Å². The van der Waals surface area contributed by atoms with Crippen LogP contribution in [0.4, 0.5) is 0 Å². The highest BCUT2D eigenvalue weighted by Gasteiger charge is 2.12. The molecule has 4 heteroatoms. The number of nitrogens with zero attached hydrogens (tertiary/aromatic N) is 1. The molecule has 1 heterocycles. The van der Waals surface area contributed by atoms with E-state index in [0.717, 1.165) is 24.4 Å². The summed E-state index contributed by atoms with van der Waals surface area (Å²) < 4.78 is 0.566. The van der Waals surface area contributed by atoms with Crippen molar-refractivity contribution in [1.29, 1.82) is 0 Å². The summed E-state index contributed by atoms with van der Waals surface area (Å²) in [4.78, 5) is 19.0. The molecule has 0 saturated heterocycles. The molecule has 0 aliphatic heterocycles. The van der Waals surface area contributed by atoms with Crippen LogP contribution in [0.2, 0.25) is 0 Å². The Morgan fingerprint density at radius 3 is 2.44 bits per heavy atom. The van der Waals surface area contributed by atoms with Gasteiger partial charge in [0.2, 0.25) is 0 Å². The predicted octanol–water partition coefficient (Wildman–Crippen LogP) is 3.24. The summed E-state index contributed by atoms with van der Waals surface area (Å²) in [6.45, 7) is 8.41. The van der Waals surface area contributed by atoms with Gasteiger partial charge in [-0.15, -0.1) is 0 Å². The molecule has 16 heavy (non-hydrogen) atoms. The number of H-pyrrole nitrogens is 1. The molecule has 0 amide bonds. The Labute approximate surface area is 105 Å². The third-order valence-electron chi connectivity index (χ3n) is 2.44. The zero-order valence-electron chi connectivity index (χ0n) is 10.3. The lowest BCUT2D eigenvalue weighted by atomic mass is 10.1. The topological polar surface area (TPSA) is 45.8 Å². The fourth-order valence-electron chi connectivity index (χ4n) is 1.45. The first kappa shape index (κ1) is 13.4. The lowest BCUT2D eigenvalue weighted by Crippen LogP contribution is -2.16. The minimum absolute atomic E-state index is 0.0718. The van der Waals surface area contributed by atoms with Crippen molar-refractivity contribution >= 4 is 15.9 Å². The molecule has 0 aliphatic carbocycles. The molecule has 1 aromatic heterocycles. The fraction of sp³-hybridized carbons (Fsp3) is 0.667. The number of hydrogen-bond acceptors (Lipinski definition) is 2. The Morgan fingerprint density at radius 1 is 1.31 bits per heavy atom. The van der Waals surface area contributed by atoms with Crippen LogP contribution in [0.25, 0.3) is 0 Å². The number of halogens is 1. The molecular weight excluding hydrogens is 268 g/mol. The van der Waals surface area contributed by atoms with Crippen LogP contribution < -0.4 is 5.56 Å². The molecule has 0 atom stereocenters. The lowest BCUT2D eigenvalue weighted by Gasteiger charge is -2.10. The second-order valence-corrected chi connectivity index (χ2v) is 5.59. The summed E-state index contributed by atoms with van der Waals surface area (Å²) >= 11 is 3.29. The normalized spacial score (nSPS) is 11.4. The molecule has 0 aliphatic rings. The molecule has 3 nitrogen and oxygen atoms in total. The molecular formula is C12H19BrN2O. The van der Waals surface area contributed by atoms with Crippen LogP contribution in [-0.2, 0) is 6.42 Å². The van der Waals surface area contributed by atoms with Crippen molar-refractivity contribution in [3.8, 4) is 0 Å². The van der Waals surface area contributed by atoms with Crippen molar-refractivity contribution in [2.24, 2.45) is 5.92 Å². The Hall–Kier alpha value is -0.640. The minimum atomic E-state index is -0.0718. The predicted molar refractivity (Wildman–Crippen MR) is 69.8 cm³/mol. The molecule has 0 spiro atoms.